The normalized spacial score (nSPS) is 14.6. The summed E-state index contributed by atoms with van der Waals surface area (Å²) in [5.41, 5.74) is 1.91. The van der Waals surface area contributed by atoms with Crippen LogP contribution >= 0.6 is 0 Å². The first-order chi connectivity index (χ1) is 8.86. The van der Waals surface area contributed by atoms with E-state index in [0.29, 0.717) is 12.3 Å². The van der Waals surface area contributed by atoms with Crippen molar-refractivity contribution in [1.29, 1.82) is 0 Å². The third kappa shape index (κ3) is 1.86. The number of carbonyl (C=O) groups is 1. The van der Waals surface area contributed by atoms with Gasteiger partial charge in [-0.25, -0.2) is 0 Å². The molecule has 92 valence electrons. The van der Waals surface area contributed by atoms with Gasteiger partial charge in [-0.3, -0.25) is 4.79 Å². The molecule has 0 atom stereocenters. The van der Waals surface area contributed by atoms with Gasteiger partial charge in [0.05, 0.1) is 17.6 Å². The fraction of sp³-hybridized carbons (Fsp3) is 0.214. The third-order valence-corrected chi connectivity index (χ3v) is 3.05. The second-order valence-corrected chi connectivity index (χ2v) is 4.23. The van der Waals surface area contributed by atoms with E-state index in [1.807, 2.05) is 24.3 Å². The standard InChI is InChI=1S/C14H14N2O2/c17-14(13-7-3-10-18-13)16-9-4-8-15-11-5-1-2-6-12(11)16/h1-3,5-7,10,15H,4,8-9H2. The van der Waals surface area contributed by atoms with Crippen LogP contribution in [0.15, 0.2) is 47.1 Å². The molecule has 0 aliphatic carbocycles. The molecule has 0 fully saturated rings. The molecule has 1 amide bonds. The summed E-state index contributed by atoms with van der Waals surface area (Å²) in [6.45, 7) is 1.57. The predicted octanol–water partition coefficient (Wildman–Crippen LogP) is 2.74. The van der Waals surface area contributed by atoms with Crippen LogP contribution in [-0.2, 0) is 0 Å². The molecular formula is C14H14N2O2. The highest BCUT2D eigenvalue weighted by Gasteiger charge is 2.23. The maximum atomic E-state index is 12.4. The van der Waals surface area contributed by atoms with Crippen molar-refractivity contribution in [2.24, 2.45) is 0 Å². The minimum absolute atomic E-state index is 0.0869. The molecule has 0 saturated heterocycles. The second-order valence-electron chi connectivity index (χ2n) is 4.23. The highest BCUT2D eigenvalue weighted by atomic mass is 16.3. The monoisotopic (exact) mass is 242 g/mol. The van der Waals surface area contributed by atoms with E-state index in [-0.39, 0.29) is 5.91 Å². The number of carbonyl (C=O) groups excluding carboxylic acids is 1. The van der Waals surface area contributed by atoms with Gasteiger partial charge in [0.2, 0.25) is 0 Å². The van der Waals surface area contributed by atoms with E-state index in [9.17, 15) is 4.79 Å². The molecule has 2 aromatic rings. The number of hydrogen-bond donors (Lipinski definition) is 1. The Morgan fingerprint density at radius 1 is 1.22 bits per heavy atom. The minimum Gasteiger partial charge on any atom is -0.459 e. The molecule has 4 heteroatoms. The Morgan fingerprint density at radius 3 is 2.94 bits per heavy atom. The first-order valence-electron chi connectivity index (χ1n) is 6.04. The summed E-state index contributed by atoms with van der Waals surface area (Å²) < 4.78 is 5.19. The van der Waals surface area contributed by atoms with E-state index in [2.05, 4.69) is 5.32 Å². The summed E-state index contributed by atoms with van der Waals surface area (Å²) in [5.74, 6) is 0.294. The number of rotatable bonds is 1. The van der Waals surface area contributed by atoms with Crippen LogP contribution in [-0.4, -0.2) is 19.0 Å². The van der Waals surface area contributed by atoms with Gasteiger partial charge in [-0.05, 0) is 30.7 Å². The number of para-hydroxylation sites is 2. The molecule has 1 aromatic heterocycles. The van der Waals surface area contributed by atoms with Gasteiger partial charge < -0.3 is 14.6 Å². The Morgan fingerprint density at radius 2 is 2.11 bits per heavy atom. The number of hydrogen-bond acceptors (Lipinski definition) is 3. The van der Waals surface area contributed by atoms with E-state index < -0.39 is 0 Å². The quantitative estimate of drug-likeness (QED) is 0.836. The average molecular weight is 242 g/mol. The van der Waals surface area contributed by atoms with Gasteiger partial charge in [-0.1, -0.05) is 12.1 Å². The molecule has 18 heavy (non-hydrogen) atoms. The molecule has 1 N–H and O–H groups in total. The maximum Gasteiger partial charge on any atom is 0.294 e. The lowest BCUT2D eigenvalue weighted by Gasteiger charge is -2.21. The van der Waals surface area contributed by atoms with Crippen LogP contribution < -0.4 is 10.2 Å². The molecule has 0 unspecified atom stereocenters. The summed E-state index contributed by atoms with van der Waals surface area (Å²) >= 11 is 0. The van der Waals surface area contributed by atoms with Gasteiger partial charge in [-0.15, -0.1) is 0 Å². The number of fused-ring (bicyclic) bond motifs is 1. The van der Waals surface area contributed by atoms with E-state index in [1.54, 1.807) is 17.0 Å². The van der Waals surface area contributed by atoms with Crippen LogP contribution in [0.5, 0.6) is 0 Å². The summed E-state index contributed by atoms with van der Waals surface area (Å²) in [5, 5.41) is 3.33. The zero-order valence-electron chi connectivity index (χ0n) is 9.93. The van der Waals surface area contributed by atoms with Crippen molar-refractivity contribution < 1.29 is 9.21 Å². The van der Waals surface area contributed by atoms with Crippen molar-refractivity contribution in [1.82, 2.24) is 0 Å². The SMILES string of the molecule is O=C(c1ccco1)N1CCCNc2ccccc21. The van der Waals surface area contributed by atoms with Crippen LogP contribution in [0.1, 0.15) is 17.0 Å². The van der Waals surface area contributed by atoms with E-state index in [1.165, 1.54) is 6.26 Å². The van der Waals surface area contributed by atoms with Crippen molar-refractivity contribution >= 4 is 17.3 Å². The van der Waals surface area contributed by atoms with Gasteiger partial charge in [0.25, 0.3) is 5.91 Å². The number of nitrogens with zero attached hydrogens (tertiary/aromatic N) is 1. The molecule has 1 aliphatic heterocycles. The lowest BCUT2D eigenvalue weighted by atomic mass is 10.2. The number of nitrogens with one attached hydrogen (secondary N) is 1. The summed E-state index contributed by atoms with van der Waals surface area (Å²) in [4.78, 5) is 14.2. The van der Waals surface area contributed by atoms with Gasteiger partial charge in [0.15, 0.2) is 5.76 Å². The topological polar surface area (TPSA) is 45.5 Å². The summed E-state index contributed by atoms with van der Waals surface area (Å²) in [7, 11) is 0. The Hall–Kier alpha value is -2.23. The van der Waals surface area contributed by atoms with E-state index in [0.717, 1.165) is 24.3 Å². The average Bonchev–Trinajstić information content (AvgIpc) is 2.85. The minimum atomic E-state index is -0.0869. The van der Waals surface area contributed by atoms with Crippen LogP contribution in [0.4, 0.5) is 11.4 Å². The third-order valence-electron chi connectivity index (χ3n) is 3.05. The Kier molecular flexibility index (Phi) is 2.76. The number of benzene rings is 1. The van der Waals surface area contributed by atoms with Crippen LogP contribution in [0.3, 0.4) is 0 Å². The van der Waals surface area contributed by atoms with Crippen molar-refractivity contribution in [3.05, 3.63) is 48.4 Å². The Bertz CT molecular complexity index is 549. The number of anilines is 2. The molecular weight excluding hydrogens is 228 g/mol. The molecule has 2 heterocycles. The fourth-order valence-electron chi connectivity index (χ4n) is 2.18. The molecule has 0 saturated carbocycles. The zero-order valence-corrected chi connectivity index (χ0v) is 9.93. The zero-order chi connectivity index (χ0) is 12.4. The molecule has 4 nitrogen and oxygen atoms in total. The van der Waals surface area contributed by atoms with Crippen LogP contribution in [0.2, 0.25) is 0 Å². The lowest BCUT2D eigenvalue weighted by Crippen LogP contribution is -2.31. The van der Waals surface area contributed by atoms with Crippen LogP contribution in [0.25, 0.3) is 0 Å². The van der Waals surface area contributed by atoms with E-state index in [4.69, 9.17) is 4.42 Å². The van der Waals surface area contributed by atoms with Gasteiger partial charge in [0, 0.05) is 13.1 Å². The molecule has 1 aromatic carbocycles. The van der Waals surface area contributed by atoms with Gasteiger partial charge in [0.1, 0.15) is 0 Å². The van der Waals surface area contributed by atoms with Crippen molar-refractivity contribution in [2.75, 3.05) is 23.3 Å². The number of amides is 1. The molecule has 3 rings (SSSR count). The second kappa shape index (κ2) is 4.56. The molecule has 0 spiro atoms. The summed E-state index contributed by atoms with van der Waals surface area (Å²) in [6, 6.07) is 11.3. The van der Waals surface area contributed by atoms with Gasteiger partial charge >= 0.3 is 0 Å². The molecule has 0 bridgehead atoms. The Balaban J connectivity index is 1.99. The fourth-order valence-corrected chi connectivity index (χ4v) is 2.18. The smallest absolute Gasteiger partial charge is 0.294 e. The number of furan rings is 1. The van der Waals surface area contributed by atoms with Crippen molar-refractivity contribution in [3.8, 4) is 0 Å². The molecule has 1 aliphatic rings. The van der Waals surface area contributed by atoms with E-state index >= 15 is 0 Å². The van der Waals surface area contributed by atoms with Crippen molar-refractivity contribution in [3.63, 3.8) is 0 Å². The highest BCUT2D eigenvalue weighted by molar-refractivity contribution is 6.06. The first kappa shape index (κ1) is 10.9. The van der Waals surface area contributed by atoms with Crippen LogP contribution in [0, 0.1) is 0 Å². The largest absolute Gasteiger partial charge is 0.459 e. The lowest BCUT2D eigenvalue weighted by molar-refractivity contribution is 0.0960. The van der Waals surface area contributed by atoms with Crippen molar-refractivity contribution in [2.45, 2.75) is 6.42 Å². The molecule has 0 radical (unpaired) electrons. The maximum absolute atomic E-state index is 12.4. The van der Waals surface area contributed by atoms with Gasteiger partial charge in [-0.2, -0.15) is 0 Å². The first-order valence-corrected chi connectivity index (χ1v) is 6.04. The predicted molar refractivity (Wildman–Crippen MR) is 69.9 cm³/mol. The highest BCUT2D eigenvalue weighted by Crippen LogP contribution is 2.29. The Labute approximate surface area is 105 Å². The summed E-state index contributed by atoms with van der Waals surface area (Å²) in [6.07, 6.45) is 2.44.